The highest BCUT2D eigenvalue weighted by molar-refractivity contribution is 5.49. The molecule has 0 spiro atoms. The lowest BCUT2D eigenvalue weighted by Gasteiger charge is -2.26. The van der Waals surface area contributed by atoms with Crippen LogP contribution in [0.15, 0.2) is 42.5 Å². The van der Waals surface area contributed by atoms with Crippen LogP contribution in [0.2, 0.25) is 0 Å². The van der Waals surface area contributed by atoms with Gasteiger partial charge in [0.2, 0.25) is 0 Å². The predicted octanol–water partition coefficient (Wildman–Crippen LogP) is 4.06. The standard InChI is InChI=1S/C18H18F3NO2/c1-17(23,14-3-2-4-15(8-14)18(19,20)21)11-22-16-6-5-12-9-24-10-13(12)7-16/h2-8,22-23H,9-11H2,1H3. The van der Waals surface area contributed by atoms with Crippen LogP contribution in [0.1, 0.15) is 29.2 Å². The number of ether oxygens (including phenoxy) is 1. The largest absolute Gasteiger partial charge is 0.416 e. The predicted molar refractivity (Wildman–Crippen MR) is 84.4 cm³/mol. The van der Waals surface area contributed by atoms with Crippen LogP contribution in [0.4, 0.5) is 18.9 Å². The molecule has 0 radical (unpaired) electrons. The Morgan fingerprint density at radius 3 is 2.50 bits per heavy atom. The second kappa shape index (κ2) is 6.11. The highest BCUT2D eigenvalue weighted by Gasteiger charge is 2.32. The van der Waals surface area contributed by atoms with E-state index in [1.54, 1.807) is 0 Å². The maximum absolute atomic E-state index is 12.8. The van der Waals surface area contributed by atoms with Gasteiger partial charge in [-0.3, -0.25) is 0 Å². The Labute approximate surface area is 138 Å². The van der Waals surface area contributed by atoms with Crippen molar-refractivity contribution in [3.63, 3.8) is 0 Å². The molecule has 3 rings (SSSR count). The van der Waals surface area contributed by atoms with E-state index in [-0.39, 0.29) is 12.1 Å². The van der Waals surface area contributed by atoms with Crippen LogP contribution in [0.3, 0.4) is 0 Å². The molecule has 0 aliphatic carbocycles. The van der Waals surface area contributed by atoms with Gasteiger partial charge in [-0.1, -0.05) is 18.2 Å². The number of hydrogen-bond donors (Lipinski definition) is 2. The van der Waals surface area contributed by atoms with Crippen LogP contribution in [-0.2, 0) is 29.7 Å². The Bertz CT molecular complexity index is 741. The second-order valence-corrected chi connectivity index (χ2v) is 6.18. The lowest BCUT2D eigenvalue weighted by Crippen LogP contribution is -2.31. The number of fused-ring (bicyclic) bond motifs is 1. The molecule has 1 aliphatic rings. The number of halogens is 3. The van der Waals surface area contributed by atoms with Gasteiger partial charge in [0.1, 0.15) is 5.60 Å². The fourth-order valence-electron chi connectivity index (χ4n) is 2.69. The minimum atomic E-state index is -4.43. The van der Waals surface area contributed by atoms with Crippen LogP contribution >= 0.6 is 0 Å². The summed E-state index contributed by atoms with van der Waals surface area (Å²) in [6.45, 7) is 2.73. The summed E-state index contributed by atoms with van der Waals surface area (Å²) < 4.78 is 43.8. The van der Waals surface area contributed by atoms with Gasteiger partial charge in [0.15, 0.2) is 0 Å². The Balaban J connectivity index is 1.74. The molecule has 1 heterocycles. The first kappa shape index (κ1) is 16.8. The summed E-state index contributed by atoms with van der Waals surface area (Å²) in [7, 11) is 0. The fraction of sp³-hybridized carbons (Fsp3) is 0.333. The number of aliphatic hydroxyl groups is 1. The topological polar surface area (TPSA) is 41.5 Å². The average molecular weight is 337 g/mol. The van der Waals surface area contributed by atoms with Crippen LogP contribution in [-0.4, -0.2) is 11.7 Å². The molecule has 128 valence electrons. The lowest BCUT2D eigenvalue weighted by atomic mass is 9.94. The average Bonchev–Trinajstić information content (AvgIpc) is 3.00. The summed E-state index contributed by atoms with van der Waals surface area (Å²) in [5.41, 5.74) is 1.02. The molecule has 1 aliphatic heterocycles. The normalized spacial score (nSPS) is 16.5. The first-order chi connectivity index (χ1) is 11.3. The summed E-state index contributed by atoms with van der Waals surface area (Å²) in [4.78, 5) is 0. The summed E-state index contributed by atoms with van der Waals surface area (Å²) in [5, 5.41) is 13.7. The molecule has 2 aromatic rings. The molecule has 0 saturated heterocycles. The van der Waals surface area contributed by atoms with Crippen molar-refractivity contribution in [2.75, 3.05) is 11.9 Å². The quantitative estimate of drug-likeness (QED) is 0.884. The zero-order valence-electron chi connectivity index (χ0n) is 13.2. The highest BCUT2D eigenvalue weighted by Crippen LogP contribution is 2.32. The first-order valence-corrected chi connectivity index (χ1v) is 7.59. The number of nitrogens with one attached hydrogen (secondary N) is 1. The molecule has 2 N–H and O–H groups in total. The molecule has 0 amide bonds. The van der Waals surface area contributed by atoms with Crippen LogP contribution in [0, 0.1) is 0 Å². The first-order valence-electron chi connectivity index (χ1n) is 7.59. The molecule has 2 aromatic carbocycles. The van der Waals surface area contributed by atoms with Crippen molar-refractivity contribution < 1.29 is 23.0 Å². The Morgan fingerprint density at radius 2 is 1.75 bits per heavy atom. The van der Waals surface area contributed by atoms with Crippen molar-refractivity contribution in [1.29, 1.82) is 0 Å². The molecular formula is C18H18F3NO2. The summed E-state index contributed by atoms with van der Waals surface area (Å²) in [5.74, 6) is 0. The van der Waals surface area contributed by atoms with Gasteiger partial charge in [0.05, 0.1) is 18.8 Å². The lowest BCUT2D eigenvalue weighted by molar-refractivity contribution is -0.137. The van der Waals surface area contributed by atoms with E-state index >= 15 is 0 Å². The smallest absolute Gasteiger partial charge is 0.384 e. The van der Waals surface area contributed by atoms with Crippen LogP contribution in [0.5, 0.6) is 0 Å². The maximum Gasteiger partial charge on any atom is 0.416 e. The third-order valence-electron chi connectivity index (χ3n) is 4.17. The van der Waals surface area contributed by atoms with E-state index in [0.29, 0.717) is 13.2 Å². The van der Waals surface area contributed by atoms with Gasteiger partial charge in [-0.25, -0.2) is 0 Å². The number of anilines is 1. The molecular weight excluding hydrogens is 319 g/mol. The van der Waals surface area contributed by atoms with E-state index in [9.17, 15) is 18.3 Å². The summed E-state index contributed by atoms with van der Waals surface area (Å²) in [6, 6.07) is 10.5. The third-order valence-corrected chi connectivity index (χ3v) is 4.17. The van der Waals surface area contributed by atoms with Gasteiger partial charge in [0, 0.05) is 12.2 Å². The van der Waals surface area contributed by atoms with Gasteiger partial charge < -0.3 is 15.2 Å². The van der Waals surface area contributed by atoms with Gasteiger partial charge in [-0.2, -0.15) is 13.2 Å². The second-order valence-electron chi connectivity index (χ2n) is 6.18. The van der Waals surface area contributed by atoms with Gasteiger partial charge in [-0.15, -0.1) is 0 Å². The Hall–Kier alpha value is -2.05. The fourth-order valence-corrected chi connectivity index (χ4v) is 2.69. The zero-order chi connectivity index (χ0) is 17.4. The maximum atomic E-state index is 12.8. The van der Waals surface area contributed by atoms with Crippen LogP contribution in [0.25, 0.3) is 0 Å². The van der Waals surface area contributed by atoms with Crippen LogP contribution < -0.4 is 5.32 Å². The van der Waals surface area contributed by atoms with Crippen molar-refractivity contribution in [2.24, 2.45) is 0 Å². The van der Waals surface area contributed by atoms with Crippen molar-refractivity contribution in [3.8, 4) is 0 Å². The molecule has 24 heavy (non-hydrogen) atoms. The molecule has 6 heteroatoms. The van der Waals surface area contributed by atoms with Crippen molar-refractivity contribution in [1.82, 2.24) is 0 Å². The van der Waals surface area contributed by atoms with Gasteiger partial charge in [0.25, 0.3) is 0 Å². The third kappa shape index (κ3) is 3.55. The SMILES string of the molecule is CC(O)(CNc1ccc2c(c1)COC2)c1cccc(C(F)(F)F)c1. The van der Waals surface area contributed by atoms with E-state index in [0.717, 1.165) is 28.9 Å². The molecule has 3 nitrogen and oxygen atoms in total. The minimum absolute atomic E-state index is 0.0912. The number of hydrogen-bond acceptors (Lipinski definition) is 3. The highest BCUT2D eigenvalue weighted by atomic mass is 19.4. The van der Waals surface area contributed by atoms with E-state index < -0.39 is 17.3 Å². The molecule has 1 atom stereocenters. The van der Waals surface area contributed by atoms with E-state index in [4.69, 9.17) is 4.74 Å². The minimum Gasteiger partial charge on any atom is -0.384 e. The Morgan fingerprint density at radius 1 is 1.04 bits per heavy atom. The van der Waals surface area contributed by atoms with Crippen molar-refractivity contribution >= 4 is 5.69 Å². The van der Waals surface area contributed by atoms with Crippen molar-refractivity contribution in [3.05, 3.63) is 64.7 Å². The molecule has 0 fully saturated rings. The number of rotatable bonds is 4. The van der Waals surface area contributed by atoms with Gasteiger partial charge >= 0.3 is 6.18 Å². The van der Waals surface area contributed by atoms with E-state index in [1.807, 2.05) is 18.2 Å². The van der Waals surface area contributed by atoms with Gasteiger partial charge in [-0.05, 0) is 47.9 Å². The molecule has 1 unspecified atom stereocenters. The Kier molecular flexibility index (Phi) is 4.27. The van der Waals surface area contributed by atoms with E-state index in [1.165, 1.54) is 19.1 Å². The summed E-state index contributed by atoms with van der Waals surface area (Å²) >= 11 is 0. The van der Waals surface area contributed by atoms with E-state index in [2.05, 4.69) is 5.32 Å². The summed E-state index contributed by atoms with van der Waals surface area (Å²) in [6.07, 6.45) is -4.43. The molecule has 0 aromatic heterocycles. The van der Waals surface area contributed by atoms with Crippen molar-refractivity contribution in [2.45, 2.75) is 31.9 Å². The molecule has 0 saturated carbocycles. The number of benzene rings is 2. The monoisotopic (exact) mass is 337 g/mol. The molecule has 0 bridgehead atoms. The number of alkyl halides is 3. The zero-order valence-corrected chi connectivity index (χ0v) is 13.2.